The molecule has 3 aliphatic heterocycles. The molecule has 3 fully saturated rings. The van der Waals surface area contributed by atoms with Crippen LogP contribution in [-0.4, -0.2) is 100 Å². The fourth-order valence-electron chi connectivity index (χ4n) is 6.30. The van der Waals surface area contributed by atoms with Gasteiger partial charge >= 0.3 is 12.2 Å². The van der Waals surface area contributed by atoms with Crippen LogP contribution in [0, 0.1) is 0 Å². The van der Waals surface area contributed by atoms with Crippen molar-refractivity contribution in [3.8, 4) is 0 Å². The highest BCUT2D eigenvalue weighted by atomic mass is 35.5. The first-order chi connectivity index (χ1) is 22.9. The van der Waals surface area contributed by atoms with Crippen molar-refractivity contribution in [2.24, 2.45) is 0 Å². The lowest BCUT2D eigenvalue weighted by Gasteiger charge is -2.37. The zero-order valence-electron chi connectivity index (χ0n) is 28.4. The first-order valence-electron chi connectivity index (χ1n) is 16.8. The van der Waals surface area contributed by atoms with Crippen LogP contribution >= 0.6 is 11.6 Å². The molecule has 6 rings (SSSR count). The van der Waals surface area contributed by atoms with E-state index in [1.165, 1.54) is 0 Å². The summed E-state index contributed by atoms with van der Waals surface area (Å²) in [5, 5.41) is 8.19. The van der Waals surface area contributed by atoms with Crippen LogP contribution in [0.3, 0.4) is 0 Å². The van der Waals surface area contributed by atoms with E-state index in [-0.39, 0.29) is 24.1 Å². The van der Waals surface area contributed by atoms with Gasteiger partial charge in [0.15, 0.2) is 5.65 Å². The molecule has 1 atom stereocenters. The monoisotopic (exact) mass is 680 g/mol. The molecule has 0 saturated carbocycles. The largest absolute Gasteiger partial charge is 0.447 e. The van der Waals surface area contributed by atoms with Crippen molar-refractivity contribution < 1.29 is 23.9 Å². The average molecular weight is 681 g/mol. The molecule has 3 saturated heterocycles. The topological polar surface area (TPSA) is 125 Å². The van der Waals surface area contributed by atoms with Crippen molar-refractivity contribution in [2.75, 3.05) is 60.9 Å². The lowest BCUT2D eigenvalue weighted by atomic mass is 9.98. The van der Waals surface area contributed by atoms with Crippen LogP contribution in [0.5, 0.6) is 0 Å². The summed E-state index contributed by atoms with van der Waals surface area (Å²) in [5.74, 6) is 1.55. The molecule has 258 valence electrons. The highest BCUT2D eigenvalue weighted by Crippen LogP contribution is 2.35. The molecule has 0 aliphatic carbocycles. The van der Waals surface area contributed by atoms with Crippen molar-refractivity contribution in [1.82, 2.24) is 24.4 Å². The van der Waals surface area contributed by atoms with Crippen molar-refractivity contribution in [1.29, 1.82) is 0 Å². The first-order valence-corrected chi connectivity index (χ1v) is 17.2. The quantitative estimate of drug-likeness (QED) is 0.335. The Morgan fingerprint density at radius 2 is 1.69 bits per heavy atom. The molecule has 1 N–H and O–H groups in total. The number of piperazine rings is 1. The van der Waals surface area contributed by atoms with Gasteiger partial charge in [0.05, 0.1) is 29.1 Å². The van der Waals surface area contributed by atoms with E-state index < -0.39 is 11.7 Å². The Balaban J connectivity index is 1.29. The normalized spacial score (nSPS) is 18.6. The van der Waals surface area contributed by atoms with Gasteiger partial charge in [-0.15, -0.1) is 0 Å². The zero-order valence-corrected chi connectivity index (χ0v) is 29.1. The Morgan fingerprint density at radius 1 is 0.938 bits per heavy atom. The fourth-order valence-corrected chi connectivity index (χ4v) is 6.47. The summed E-state index contributed by atoms with van der Waals surface area (Å²) >= 11 is 6.35. The average Bonchev–Trinajstić information content (AvgIpc) is 3.43. The van der Waals surface area contributed by atoms with Crippen LogP contribution in [0.4, 0.5) is 26.9 Å². The van der Waals surface area contributed by atoms with Gasteiger partial charge in [0.2, 0.25) is 0 Å². The molecule has 13 nitrogen and oxygen atoms in total. The van der Waals surface area contributed by atoms with Gasteiger partial charge in [0.25, 0.3) is 5.91 Å². The summed E-state index contributed by atoms with van der Waals surface area (Å²) < 4.78 is 12.7. The van der Waals surface area contributed by atoms with Gasteiger partial charge in [-0.3, -0.25) is 10.1 Å². The predicted molar refractivity (Wildman–Crippen MR) is 184 cm³/mol. The fraction of sp³-hybridized carbons (Fsp3) is 0.559. The maximum absolute atomic E-state index is 14.2. The number of aromatic nitrogens is 3. The van der Waals surface area contributed by atoms with Gasteiger partial charge in [0.1, 0.15) is 17.2 Å². The number of rotatable bonds is 6. The summed E-state index contributed by atoms with van der Waals surface area (Å²) in [6, 6.07) is 8.60. The Bertz CT molecular complexity index is 1680. The van der Waals surface area contributed by atoms with E-state index in [9.17, 15) is 14.4 Å². The second-order valence-electron chi connectivity index (χ2n) is 13.9. The Hall–Kier alpha value is -4.26. The van der Waals surface area contributed by atoms with E-state index in [0.717, 1.165) is 56.1 Å². The standard InChI is InChI=1S/C34H45ClN8O5/c1-22(2)47-32(45)36-25-11-10-23(35)19-24(25)31(44)42-14-7-6-9-27(42)26-20-29-37-28(39-12-8-13-39)21-30(43(29)38-26)40-15-17-41(18-16-40)33(46)48-34(3,4)5/h10-11,19-22,27H,6-9,12-18H2,1-5H3,(H,36,45). The summed E-state index contributed by atoms with van der Waals surface area (Å²) in [6.07, 6.45) is 2.38. The molecule has 0 radical (unpaired) electrons. The molecule has 48 heavy (non-hydrogen) atoms. The lowest BCUT2D eigenvalue weighted by Crippen LogP contribution is -2.50. The highest BCUT2D eigenvalue weighted by molar-refractivity contribution is 6.31. The van der Waals surface area contributed by atoms with Crippen molar-refractivity contribution >= 4 is 52.7 Å². The number of piperidine rings is 1. The molecule has 3 aliphatic rings. The molecule has 1 unspecified atom stereocenters. The van der Waals surface area contributed by atoms with Crippen LogP contribution in [0.2, 0.25) is 5.02 Å². The van der Waals surface area contributed by atoms with Crippen LogP contribution in [0.25, 0.3) is 5.65 Å². The Labute approximate surface area is 286 Å². The molecular weight excluding hydrogens is 636 g/mol. The molecule has 3 aromatic rings. The summed E-state index contributed by atoms with van der Waals surface area (Å²) in [6.45, 7) is 13.8. The second kappa shape index (κ2) is 13.7. The third-order valence-corrected chi connectivity index (χ3v) is 8.98. The molecule has 3 amide bonds. The molecular formula is C34H45ClN8O5. The van der Waals surface area contributed by atoms with E-state index in [1.807, 2.05) is 36.3 Å². The van der Waals surface area contributed by atoms with Crippen molar-refractivity contribution in [3.05, 3.63) is 46.6 Å². The number of ether oxygens (including phenoxy) is 2. The number of carbonyl (C=O) groups excluding carboxylic acids is 3. The summed E-state index contributed by atoms with van der Waals surface area (Å²) in [5.41, 5.74) is 1.53. The third-order valence-electron chi connectivity index (χ3n) is 8.75. The van der Waals surface area contributed by atoms with Crippen LogP contribution in [-0.2, 0) is 9.47 Å². The second-order valence-corrected chi connectivity index (χ2v) is 14.3. The minimum Gasteiger partial charge on any atom is -0.447 e. The molecule has 14 heteroatoms. The number of likely N-dealkylation sites (tertiary alicyclic amines) is 1. The zero-order chi connectivity index (χ0) is 34.2. The van der Waals surface area contributed by atoms with Crippen molar-refractivity contribution in [2.45, 2.75) is 78.0 Å². The number of nitrogens with one attached hydrogen (secondary N) is 1. The summed E-state index contributed by atoms with van der Waals surface area (Å²) in [4.78, 5) is 52.5. The van der Waals surface area contributed by atoms with E-state index in [1.54, 1.807) is 36.9 Å². The number of anilines is 3. The van der Waals surface area contributed by atoms with E-state index >= 15 is 0 Å². The van der Waals surface area contributed by atoms with Gasteiger partial charge in [0, 0.05) is 63.0 Å². The lowest BCUT2D eigenvalue weighted by molar-refractivity contribution is 0.0240. The minimum atomic E-state index is -0.638. The van der Waals surface area contributed by atoms with Crippen LogP contribution in [0.1, 0.15) is 82.4 Å². The smallest absolute Gasteiger partial charge is 0.411 e. The van der Waals surface area contributed by atoms with Gasteiger partial charge in [-0.05, 0) is 78.5 Å². The SMILES string of the molecule is CC(C)OC(=O)Nc1ccc(Cl)cc1C(=O)N1CCCCC1c1cc2nc(N3CCC3)cc(N3CCN(C(=O)OC(C)(C)C)CC3)n2n1. The number of hydrogen-bond donors (Lipinski definition) is 1. The van der Waals surface area contributed by atoms with E-state index in [2.05, 4.69) is 21.2 Å². The van der Waals surface area contributed by atoms with E-state index in [4.69, 9.17) is 31.2 Å². The number of nitrogens with zero attached hydrogens (tertiary/aromatic N) is 7. The van der Waals surface area contributed by atoms with Crippen LogP contribution < -0.4 is 15.1 Å². The Morgan fingerprint density at radius 3 is 2.35 bits per heavy atom. The maximum Gasteiger partial charge on any atom is 0.411 e. The molecule has 5 heterocycles. The predicted octanol–water partition coefficient (Wildman–Crippen LogP) is 5.97. The number of fused-ring (bicyclic) bond motifs is 1. The molecule has 0 bridgehead atoms. The number of amides is 3. The van der Waals surface area contributed by atoms with Gasteiger partial charge in [-0.2, -0.15) is 9.61 Å². The molecule has 0 spiro atoms. The number of benzene rings is 1. The molecule has 2 aromatic heterocycles. The van der Waals surface area contributed by atoms with Crippen LogP contribution in [0.15, 0.2) is 30.3 Å². The molecule has 1 aromatic carbocycles. The van der Waals surface area contributed by atoms with Crippen molar-refractivity contribution in [3.63, 3.8) is 0 Å². The third kappa shape index (κ3) is 7.40. The van der Waals surface area contributed by atoms with Gasteiger partial charge < -0.3 is 29.1 Å². The number of hydrogen-bond acceptors (Lipinski definition) is 9. The van der Waals surface area contributed by atoms with E-state index in [0.29, 0.717) is 54.6 Å². The Kier molecular flexibility index (Phi) is 9.60. The summed E-state index contributed by atoms with van der Waals surface area (Å²) in [7, 11) is 0. The minimum absolute atomic E-state index is 0.244. The number of halogens is 1. The first kappa shape index (κ1) is 33.6. The van der Waals surface area contributed by atoms with Gasteiger partial charge in [-0.25, -0.2) is 14.6 Å². The highest BCUT2D eigenvalue weighted by Gasteiger charge is 2.34. The van der Waals surface area contributed by atoms with Gasteiger partial charge in [-0.1, -0.05) is 11.6 Å². The number of carbonyl (C=O) groups is 3. The maximum atomic E-state index is 14.2.